The highest BCUT2D eigenvalue weighted by Crippen LogP contribution is 2.29. The van der Waals surface area contributed by atoms with Crippen LogP contribution in [0.4, 0.5) is 4.79 Å². The van der Waals surface area contributed by atoms with Gasteiger partial charge in [-0.1, -0.05) is 29.8 Å². The van der Waals surface area contributed by atoms with Crippen LogP contribution in [-0.2, 0) is 4.74 Å². The van der Waals surface area contributed by atoms with Gasteiger partial charge in [-0.05, 0) is 51.8 Å². The molecular weight excluding hydrogens is 372 g/mol. The first-order chi connectivity index (χ1) is 11.2. The van der Waals surface area contributed by atoms with E-state index in [0.717, 1.165) is 22.9 Å². The van der Waals surface area contributed by atoms with E-state index in [1.54, 1.807) is 6.07 Å². The topological polar surface area (TPSA) is 70.6 Å². The van der Waals surface area contributed by atoms with Crippen LogP contribution in [0.2, 0.25) is 0 Å². The molecule has 0 bridgehead atoms. The molecule has 0 aliphatic carbocycles. The van der Waals surface area contributed by atoms with Crippen LogP contribution in [0.1, 0.15) is 59.1 Å². The number of benzene rings is 1. The molecule has 0 radical (unpaired) electrons. The molecule has 0 spiro atoms. The minimum absolute atomic E-state index is 0.00730. The number of phenols is 1. The van der Waals surface area contributed by atoms with Crippen LogP contribution in [0.5, 0.6) is 5.75 Å². The SMILES string of the molecule is CCC(CNC(=O)OC(C)(C)C)NC(CC)c1cc(Br)ccc1O. The Morgan fingerprint density at radius 1 is 1.29 bits per heavy atom. The molecule has 3 N–H and O–H groups in total. The van der Waals surface area contributed by atoms with Crippen molar-refractivity contribution in [3.05, 3.63) is 28.2 Å². The monoisotopic (exact) mass is 400 g/mol. The summed E-state index contributed by atoms with van der Waals surface area (Å²) in [6.45, 7) is 10.1. The third-order valence-corrected chi connectivity index (χ3v) is 4.09. The van der Waals surface area contributed by atoms with Crippen LogP contribution in [0, 0.1) is 0 Å². The smallest absolute Gasteiger partial charge is 0.407 e. The van der Waals surface area contributed by atoms with Gasteiger partial charge in [-0.2, -0.15) is 0 Å². The Kier molecular flexibility index (Phi) is 8.03. The molecule has 1 rings (SSSR count). The molecule has 0 heterocycles. The van der Waals surface area contributed by atoms with E-state index in [2.05, 4.69) is 40.4 Å². The minimum Gasteiger partial charge on any atom is -0.508 e. The van der Waals surface area contributed by atoms with Crippen molar-refractivity contribution in [3.63, 3.8) is 0 Å². The Hall–Kier alpha value is -1.27. The Bertz CT molecular complexity index is 544. The number of ether oxygens (including phenoxy) is 1. The zero-order valence-corrected chi connectivity index (χ0v) is 16.7. The van der Waals surface area contributed by atoms with Gasteiger partial charge >= 0.3 is 6.09 Å². The molecule has 0 aromatic heterocycles. The lowest BCUT2D eigenvalue weighted by atomic mass is 10.0. The Morgan fingerprint density at radius 2 is 1.96 bits per heavy atom. The molecule has 6 heteroatoms. The fraction of sp³-hybridized carbons (Fsp3) is 0.611. The van der Waals surface area contributed by atoms with E-state index in [1.807, 2.05) is 32.9 Å². The molecule has 0 saturated heterocycles. The Morgan fingerprint density at radius 3 is 2.50 bits per heavy atom. The zero-order chi connectivity index (χ0) is 18.3. The van der Waals surface area contributed by atoms with Crippen LogP contribution in [-0.4, -0.2) is 29.4 Å². The molecule has 0 saturated carbocycles. The number of alkyl carbamates (subject to hydrolysis) is 1. The first kappa shape index (κ1) is 20.8. The number of phenolic OH excluding ortho intramolecular Hbond substituents is 1. The van der Waals surface area contributed by atoms with Gasteiger partial charge in [0.2, 0.25) is 0 Å². The van der Waals surface area contributed by atoms with E-state index in [-0.39, 0.29) is 17.8 Å². The summed E-state index contributed by atoms with van der Waals surface area (Å²) in [5, 5.41) is 16.4. The van der Waals surface area contributed by atoms with Crippen molar-refractivity contribution < 1.29 is 14.6 Å². The summed E-state index contributed by atoms with van der Waals surface area (Å²) in [5.41, 5.74) is 0.343. The average Bonchev–Trinajstić information content (AvgIpc) is 2.48. The van der Waals surface area contributed by atoms with E-state index in [0.29, 0.717) is 6.54 Å². The van der Waals surface area contributed by atoms with Crippen LogP contribution in [0.25, 0.3) is 0 Å². The number of rotatable bonds is 7. The summed E-state index contributed by atoms with van der Waals surface area (Å²) in [6.07, 6.45) is 1.26. The summed E-state index contributed by atoms with van der Waals surface area (Å²) >= 11 is 3.44. The van der Waals surface area contributed by atoms with E-state index < -0.39 is 11.7 Å². The molecule has 1 aromatic carbocycles. The van der Waals surface area contributed by atoms with Crippen molar-refractivity contribution >= 4 is 22.0 Å². The van der Waals surface area contributed by atoms with Gasteiger partial charge in [0.1, 0.15) is 11.4 Å². The van der Waals surface area contributed by atoms with E-state index in [9.17, 15) is 9.90 Å². The highest BCUT2D eigenvalue weighted by Gasteiger charge is 2.20. The van der Waals surface area contributed by atoms with Crippen molar-refractivity contribution in [2.45, 2.75) is 65.1 Å². The highest BCUT2D eigenvalue weighted by molar-refractivity contribution is 9.10. The van der Waals surface area contributed by atoms with Crippen LogP contribution >= 0.6 is 15.9 Å². The number of amides is 1. The summed E-state index contributed by atoms with van der Waals surface area (Å²) in [5.74, 6) is 0.271. The summed E-state index contributed by atoms with van der Waals surface area (Å²) in [7, 11) is 0. The number of carbonyl (C=O) groups excluding carboxylic acids is 1. The molecule has 5 nitrogen and oxygen atoms in total. The third-order valence-electron chi connectivity index (χ3n) is 3.59. The molecule has 2 unspecified atom stereocenters. The second-order valence-electron chi connectivity index (χ2n) is 6.82. The number of carbonyl (C=O) groups is 1. The average molecular weight is 401 g/mol. The fourth-order valence-corrected chi connectivity index (χ4v) is 2.74. The standard InChI is InChI=1S/C18H29BrN2O3/c1-6-13(11-20-17(23)24-18(3,4)5)21-15(7-2)14-10-12(19)8-9-16(14)22/h8-10,13,15,21-22H,6-7,11H2,1-5H3,(H,20,23). The van der Waals surface area contributed by atoms with Crippen molar-refractivity contribution in [2.24, 2.45) is 0 Å². The van der Waals surface area contributed by atoms with E-state index in [1.165, 1.54) is 0 Å². The number of aromatic hydroxyl groups is 1. The summed E-state index contributed by atoms with van der Waals surface area (Å²) in [4.78, 5) is 11.8. The molecule has 0 fully saturated rings. The van der Waals surface area contributed by atoms with Crippen LogP contribution < -0.4 is 10.6 Å². The van der Waals surface area contributed by atoms with Crippen LogP contribution in [0.15, 0.2) is 22.7 Å². The normalized spacial score (nSPS) is 14.1. The molecule has 1 aromatic rings. The number of hydrogen-bond donors (Lipinski definition) is 3. The second-order valence-corrected chi connectivity index (χ2v) is 7.73. The minimum atomic E-state index is -0.507. The van der Waals surface area contributed by atoms with Crippen molar-refractivity contribution in [2.75, 3.05) is 6.54 Å². The molecule has 136 valence electrons. The predicted molar refractivity (Wildman–Crippen MR) is 100 cm³/mol. The van der Waals surface area contributed by atoms with Gasteiger partial charge in [0.05, 0.1) is 0 Å². The number of hydrogen-bond acceptors (Lipinski definition) is 4. The first-order valence-corrected chi connectivity index (χ1v) is 9.16. The zero-order valence-electron chi connectivity index (χ0n) is 15.1. The largest absolute Gasteiger partial charge is 0.508 e. The van der Waals surface area contributed by atoms with Gasteiger partial charge < -0.3 is 20.5 Å². The van der Waals surface area contributed by atoms with E-state index >= 15 is 0 Å². The Labute approximate surface area is 153 Å². The molecule has 24 heavy (non-hydrogen) atoms. The van der Waals surface area contributed by atoms with Gasteiger partial charge in [0, 0.05) is 28.7 Å². The maximum absolute atomic E-state index is 11.8. The van der Waals surface area contributed by atoms with Gasteiger partial charge in [-0.25, -0.2) is 4.79 Å². The third kappa shape index (κ3) is 7.09. The van der Waals surface area contributed by atoms with Gasteiger partial charge in [-0.15, -0.1) is 0 Å². The van der Waals surface area contributed by atoms with Crippen molar-refractivity contribution in [1.29, 1.82) is 0 Å². The molecule has 2 atom stereocenters. The second kappa shape index (κ2) is 9.28. The van der Waals surface area contributed by atoms with Gasteiger partial charge in [-0.3, -0.25) is 0 Å². The highest BCUT2D eigenvalue weighted by atomic mass is 79.9. The fourth-order valence-electron chi connectivity index (χ4n) is 2.36. The number of nitrogens with one attached hydrogen (secondary N) is 2. The van der Waals surface area contributed by atoms with Crippen LogP contribution in [0.3, 0.4) is 0 Å². The first-order valence-electron chi connectivity index (χ1n) is 8.37. The predicted octanol–water partition coefficient (Wildman–Crippen LogP) is 4.50. The number of halogens is 1. The summed E-state index contributed by atoms with van der Waals surface area (Å²) in [6, 6.07) is 5.51. The van der Waals surface area contributed by atoms with Crippen molar-refractivity contribution in [1.82, 2.24) is 10.6 Å². The lowest BCUT2D eigenvalue weighted by molar-refractivity contribution is 0.0521. The Balaban J connectivity index is 2.68. The molecule has 0 aliphatic rings. The summed E-state index contributed by atoms with van der Waals surface area (Å²) < 4.78 is 6.19. The molecular formula is C18H29BrN2O3. The van der Waals surface area contributed by atoms with Gasteiger partial charge in [0.25, 0.3) is 0 Å². The molecule has 0 aliphatic heterocycles. The van der Waals surface area contributed by atoms with Crippen molar-refractivity contribution in [3.8, 4) is 5.75 Å². The lowest BCUT2D eigenvalue weighted by Gasteiger charge is -2.26. The van der Waals surface area contributed by atoms with E-state index in [4.69, 9.17) is 4.74 Å². The maximum Gasteiger partial charge on any atom is 0.407 e. The molecule has 1 amide bonds. The van der Waals surface area contributed by atoms with Gasteiger partial charge in [0.15, 0.2) is 0 Å². The lowest BCUT2D eigenvalue weighted by Crippen LogP contribution is -2.43. The quantitative estimate of drug-likeness (QED) is 0.629. The maximum atomic E-state index is 11.8.